The Morgan fingerprint density at radius 1 is 1.57 bits per heavy atom. The number of carbonyl (C=O) groups is 1. The number of nitrogens with zero attached hydrogens (tertiary/aromatic N) is 4. The molecule has 0 N–H and O–H groups in total. The van der Waals surface area contributed by atoms with Gasteiger partial charge in [-0.1, -0.05) is 0 Å². The van der Waals surface area contributed by atoms with Gasteiger partial charge in [0.15, 0.2) is 5.69 Å². The van der Waals surface area contributed by atoms with Gasteiger partial charge in [-0.15, -0.1) is 5.10 Å². The molecule has 0 aromatic carbocycles. The van der Waals surface area contributed by atoms with E-state index in [9.17, 15) is 4.79 Å². The van der Waals surface area contributed by atoms with Crippen LogP contribution < -0.4 is 0 Å². The summed E-state index contributed by atoms with van der Waals surface area (Å²) in [6.07, 6.45) is 0. The van der Waals surface area contributed by atoms with E-state index in [0.29, 0.717) is 11.5 Å². The molecule has 0 aliphatic heterocycles. The summed E-state index contributed by atoms with van der Waals surface area (Å²) in [5, 5.41) is 4.00. The minimum atomic E-state index is -0.390. The van der Waals surface area contributed by atoms with Gasteiger partial charge in [0, 0.05) is 12.7 Å². The third-order valence-corrected chi connectivity index (χ3v) is 1.96. The van der Waals surface area contributed by atoms with Gasteiger partial charge >= 0.3 is 5.97 Å². The van der Waals surface area contributed by atoms with Gasteiger partial charge in [-0.3, -0.25) is 0 Å². The number of ether oxygens (including phenoxy) is 1. The van der Waals surface area contributed by atoms with Crippen LogP contribution in [0.25, 0.3) is 5.78 Å². The fraction of sp³-hybridized carbons (Fsp3) is 0.375. The molecule has 0 radical (unpaired) electrons. The Bertz CT molecular complexity index is 497. The molecule has 0 amide bonds. The Labute approximate surface area is 80.1 Å². The molecule has 0 saturated carbocycles. The van der Waals surface area contributed by atoms with Gasteiger partial charge in [0.1, 0.15) is 0 Å². The summed E-state index contributed by atoms with van der Waals surface area (Å²) < 4.78 is 6.25. The van der Waals surface area contributed by atoms with E-state index in [0.717, 1.165) is 5.69 Å². The minimum Gasteiger partial charge on any atom is -0.464 e. The van der Waals surface area contributed by atoms with E-state index in [2.05, 4.69) is 14.8 Å². The monoisotopic (exact) mass is 194 g/mol. The number of fused-ring (bicyclic) bond motifs is 1. The maximum Gasteiger partial charge on any atom is 0.356 e. The molecule has 6 nitrogen and oxygen atoms in total. The molecule has 2 heterocycles. The number of rotatable bonds is 1. The summed E-state index contributed by atoms with van der Waals surface area (Å²) in [4.78, 5) is 17.0. The minimum absolute atomic E-state index is 0.390. The number of aryl methyl sites for hydroxylation is 2. The van der Waals surface area contributed by atoms with Crippen molar-refractivity contribution in [2.45, 2.75) is 6.92 Å². The molecule has 2 rings (SSSR count). The fourth-order valence-electron chi connectivity index (χ4n) is 1.34. The fourth-order valence-corrected chi connectivity index (χ4v) is 1.34. The van der Waals surface area contributed by atoms with Crippen LogP contribution in [-0.4, -0.2) is 32.5 Å². The van der Waals surface area contributed by atoms with Crippen molar-refractivity contribution in [3.05, 3.63) is 17.5 Å². The van der Waals surface area contributed by atoms with Crippen molar-refractivity contribution in [3.63, 3.8) is 0 Å². The van der Waals surface area contributed by atoms with Gasteiger partial charge in [0.2, 0.25) is 0 Å². The van der Waals surface area contributed by atoms with Gasteiger partial charge in [0.25, 0.3) is 5.78 Å². The average Bonchev–Trinajstić information content (AvgIpc) is 2.14. The highest BCUT2D eigenvalue weighted by atomic mass is 16.5. The Morgan fingerprint density at radius 2 is 2.29 bits per heavy atom. The lowest BCUT2D eigenvalue weighted by molar-refractivity contribution is 0.0586. The molecule has 0 saturated heterocycles. The van der Waals surface area contributed by atoms with Crippen LogP contribution in [0.3, 0.4) is 0 Å². The smallest absolute Gasteiger partial charge is 0.356 e. The second-order valence-electron chi connectivity index (χ2n) is 2.98. The van der Waals surface area contributed by atoms with Crippen molar-refractivity contribution < 1.29 is 9.53 Å². The van der Waals surface area contributed by atoms with Crippen molar-refractivity contribution >= 4 is 11.7 Å². The standard InChI is InChI=1S/C8H10N4O2/c1-5-4-6(7(13)14-3)12-8(9-5)10-11(12)2/h4H,1-3H3. The molecule has 14 heavy (non-hydrogen) atoms. The third-order valence-electron chi connectivity index (χ3n) is 1.96. The topological polar surface area (TPSA) is 61.4 Å². The van der Waals surface area contributed by atoms with Crippen LogP contribution in [0.4, 0.5) is 0 Å². The number of carbonyl (C=O) groups excluding carboxylic acids is 1. The van der Waals surface area contributed by atoms with Gasteiger partial charge in [-0.25, -0.2) is 9.78 Å². The highest BCUT2D eigenvalue weighted by Gasteiger charge is 2.16. The summed E-state index contributed by atoms with van der Waals surface area (Å²) in [6, 6.07) is 1.67. The lowest BCUT2D eigenvalue weighted by Crippen LogP contribution is -2.25. The number of esters is 1. The van der Waals surface area contributed by atoms with Gasteiger partial charge in [0.05, 0.1) is 7.11 Å². The molecule has 0 bridgehead atoms. The SMILES string of the molecule is COC(=O)c1cc(C)nc2nn(C)n12. The maximum atomic E-state index is 11.4. The van der Waals surface area contributed by atoms with Crippen LogP contribution in [0.1, 0.15) is 16.2 Å². The first-order chi connectivity index (χ1) is 6.63. The maximum absolute atomic E-state index is 11.4. The van der Waals surface area contributed by atoms with Crippen LogP contribution in [0.2, 0.25) is 0 Å². The molecule has 2 aromatic heterocycles. The molecule has 6 heteroatoms. The van der Waals surface area contributed by atoms with Crippen molar-refractivity contribution in [1.29, 1.82) is 0 Å². The Morgan fingerprint density at radius 3 is 2.86 bits per heavy atom. The largest absolute Gasteiger partial charge is 0.464 e. The van der Waals surface area contributed by atoms with Gasteiger partial charge in [-0.05, 0) is 13.0 Å². The third kappa shape index (κ3) is 1.07. The summed E-state index contributed by atoms with van der Waals surface area (Å²) in [7, 11) is 3.08. The van der Waals surface area contributed by atoms with E-state index in [-0.39, 0.29) is 0 Å². The predicted molar refractivity (Wildman–Crippen MR) is 48.0 cm³/mol. The van der Waals surface area contributed by atoms with Crippen molar-refractivity contribution in [2.75, 3.05) is 7.11 Å². The Balaban J connectivity index is 2.67. The van der Waals surface area contributed by atoms with E-state index < -0.39 is 5.97 Å². The molecule has 0 spiro atoms. The molecule has 0 aliphatic rings. The first kappa shape index (κ1) is 8.74. The van der Waals surface area contributed by atoms with E-state index in [1.54, 1.807) is 24.6 Å². The van der Waals surface area contributed by atoms with Crippen LogP contribution in [0, 0.1) is 6.92 Å². The lowest BCUT2D eigenvalue weighted by Gasteiger charge is -2.14. The van der Waals surface area contributed by atoms with Gasteiger partial charge in [-0.2, -0.15) is 9.31 Å². The molecule has 0 unspecified atom stereocenters. The zero-order chi connectivity index (χ0) is 10.3. The lowest BCUT2D eigenvalue weighted by atomic mass is 10.3. The second-order valence-corrected chi connectivity index (χ2v) is 2.98. The number of hydrogen-bond acceptors (Lipinski definition) is 4. The summed E-state index contributed by atoms with van der Waals surface area (Å²) in [5.41, 5.74) is 1.18. The van der Waals surface area contributed by atoms with Crippen LogP contribution in [0.15, 0.2) is 6.07 Å². The molecular formula is C8H10N4O2. The van der Waals surface area contributed by atoms with Crippen LogP contribution in [-0.2, 0) is 11.8 Å². The number of aromatic nitrogens is 4. The number of hydrogen-bond donors (Lipinski definition) is 0. The van der Waals surface area contributed by atoms with Crippen molar-refractivity contribution in [1.82, 2.24) is 19.4 Å². The summed E-state index contributed by atoms with van der Waals surface area (Å²) in [6.45, 7) is 1.81. The first-order valence-corrected chi connectivity index (χ1v) is 4.11. The molecule has 0 atom stereocenters. The van der Waals surface area contributed by atoms with Crippen molar-refractivity contribution in [3.8, 4) is 0 Å². The van der Waals surface area contributed by atoms with E-state index in [1.807, 2.05) is 0 Å². The molecule has 74 valence electrons. The summed E-state index contributed by atoms with van der Waals surface area (Å²) >= 11 is 0. The van der Waals surface area contributed by atoms with E-state index in [1.165, 1.54) is 11.9 Å². The van der Waals surface area contributed by atoms with Crippen molar-refractivity contribution in [2.24, 2.45) is 7.05 Å². The summed E-state index contributed by atoms with van der Waals surface area (Å²) in [5.74, 6) is 0.131. The number of methoxy groups -OCH3 is 1. The molecular weight excluding hydrogens is 184 g/mol. The normalized spacial score (nSPS) is 10.8. The first-order valence-electron chi connectivity index (χ1n) is 4.11. The van der Waals surface area contributed by atoms with Crippen LogP contribution in [0.5, 0.6) is 0 Å². The molecule has 2 aromatic rings. The highest BCUT2D eigenvalue weighted by Crippen LogP contribution is 2.08. The van der Waals surface area contributed by atoms with E-state index in [4.69, 9.17) is 0 Å². The molecule has 0 fully saturated rings. The zero-order valence-corrected chi connectivity index (χ0v) is 8.18. The highest BCUT2D eigenvalue weighted by molar-refractivity contribution is 5.88. The quantitative estimate of drug-likeness (QED) is 0.607. The molecule has 0 aliphatic carbocycles. The predicted octanol–water partition coefficient (Wildman–Crippen LogP) is 0.163. The average molecular weight is 194 g/mol. The van der Waals surface area contributed by atoms with Crippen LogP contribution >= 0.6 is 0 Å². The Kier molecular flexibility index (Phi) is 1.77. The second kappa shape index (κ2) is 2.83. The zero-order valence-electron chi connectivity index (χ0n) is 8.18. The van der Waals surface area contributed by atoms with Gasteiger partial charge < -0.3 is 4.74 Å². The Hall–Kier alpha value is -1.85. The van der Waals surface area contributed by atoms with E-state index >= 15 is 0 Å².